The molecule has 0 saturated carbocycles. The molecular weight excluding hydrogens is 270 g/mol. The SMILES string of the molecule is O=C1CS[C@@H](c2ccccc2Cl)c2cn[nH]c2N1. The van der Waals surface area contributed by atoms with Crippen molar-refractivity contribution >= 4 is 35.1 Å². The summed E-state index contributed by atoms with van der Waals surface area (Å²) in [5.74, 6) is 1.04. The molecule has 1 aliphatic heterocycles. The highest BCUT2D eigenvalue weighted by atomic mass is 35.5. The standard InChI is InChI=1S/C12H10ClN3OS/c13-9-4-2-1-3-7(9)11-8-5-14-16-12(8)15-10(17)6-18-11/h1-5,11H,6H2,(H2,14,15,16,17)/t11-/m0/s1. The number of amides is 1. The van der Waals surface area contributed by atoms with Crippen LogP contribution < -0.4 is 5.32 Å². The highest BCUT2D eigenvalue weighted by Crippen LogP contribution is 2.42. The number of carbonyl (C=O) groups excluding carboxylic acids is 1. The summed E-state index contributed by atoms with van der Waals surface area (Å²) in [4.78, 5) is 11.6. The Hall–Kier alpha value is -1.46. The fourth-order valence-corrected chi connectivity index (χ4v) is 3.41. The van der Waals surface area contributed by atoms with Crippen LogP contribution in [0, 0.1) is 0 Å². The minimum atomic E-state index is -0.0277. The van der Waals surface area contributed by atoms with Crippen LogP contribution in [0.5, 0.6) is 0 Å². The molecule has 1 aromatic carbocycles. The van der Waals surface area contributed by atoms with E-state index in [0.717, 1.165) is 11.1 Å². The molecule has 0 fully saturated rings. The van der Waals surface area contributed by atoms with Crippen molar-refractivity contribution in [3.8, 4) is 0 Å². The van der Waals surface area contributed by atoms with Gasteiger partial charge in [-0.25, -0.2) is 0 Å². The molecule has 2 aromatic rings. The summed E-state index contributed by atoms with van der Waals surface area (Å²) >= 11 is 7.78. The highest BCUT2D eigenvalue weighted by molar-refractivity contribution is 8.00. The van der Waals surface area contributed by atoms with Gasteiger partial charge in [0.2, 0.25) is 5.91 Å². The summed E-state index contributed by atoms with van der Waals surface area (Å²) in [5.41, 5.74) is 1.96. The van der Waals surface area contributed by atoms with Crippen LogP contribution in [-0.4, -0.2) is 21.9 Å². The molecule has 0 spiro atoms. The Kier molecular flexibility index (Phi) is 3.01. The third kappa shape index (κ3) is 2.00. The number of benzene rings is 1. The van der Waals surface area contributed by atoms with E-state index in [1.54, 1.807) is 18.0 Å². The summed E-state index contributed by atoms with van der Waals surface area (Å²) < 4.78 is 0. The molecule has 0 aliphatic carbocycles. The van der Waals surface area contributed by atoms with Gasteiger partial charge in [-0.2, -0.15) is 5.10 Å². The molecule has 0 saturated heterocycles. The number of nitrogens with one attached hydrogen (secondary N) is 2. The molecule has 1 aliphatic rings. The van der Waals surface area contributed by atoms with Gasteiger partial charge in [-0.1, -0.05) is 29.8 Å². The van der Waals surface area contributed by atoms with Crippen molar-refractivity contribution in [3.63, 3.8) is 0 Å². The van der Waals surface area contributed by atoms with Gasteiger partial charge in [0.05, 0.1) is 17.2 Å². The van der Waals surface area contributed by atoms with Gasteiger partial charge in [-0.3, -0.25) is 9.89 Å². The van der Waals surface area contributed by atoms with E-state index < -0.39 is 0 Å². The number of hydrogen-bond acceptors (Lipinski definition) is 3. The summed E-state index contributed by atoms with van der Waals surface area (Å²) in [7, 11) is 0. The zero-order valence-corrected chi connectivity index (χ0v) is 10.9. The molecule has 2 heterocycles. The summed E-state index contributed by atoms with van der Waals surface area (Å²) in [6.07, 6.45) is 1.74. The Morgan fingerprint density at radius 3 is 3.00 bits per heavy atom. The van der Waals surface area contributed by atoms with Crippen LogP contribution in [0.25, 0.3) is 0 Å². The van der Waals surface area contributed by atoms with Crippen LogP contribution in [-0.2, 0) is 4.79 Å². The minimum Gasteiger partial charge on any atom is -0.310 e. The zero-order valence-electron chi connectivity index (χ0n) is 9.31. The number of thioether (sulfide) groups is 1. The van der Waals surface area contributed by atoms with Gasteiger partial charge in [-0.15, -0.1) is 11.8 Å². The van der Waals surface area contributed by atoms with Gasteiger partial charge in [0.1, 0.15) is 5.82 Å². The largest absolute Gasteiger partial charge is 0.310 e. The van der Waals surface area contributed by atoms with Crippen LogP contribution in [0.3, 0.4) is 0 Å². The lowest BCUT2D eigenvalue weighted by molar-refractivity contribution is -0.113. The Bertz CT molecular complexity index is 599. The quantitative estimate of drug-likeness (QED) is 0.844. The molecule has 0 unspecified atom stereocenters. The first-order chi connectivity index (χ1) is 8.75. The molecule has 2 N–H and O–H groups in total. The Balaban J connectivity index is 2.08. The number of rotatable bonds is 1. The number of nitrogens with zero attached hydrogens (tertiary/aromatic N) is 1. The molecule has 18 heavy (non-hydrogen) atoms. The zero-order chi connectivity index (χ0) is 12.5. The number of fused-ring (bicyclic) bond motifs is 1. The van der Waals surface area contributed by atoms with Gasteiger partial charge in [-0.05, 0) is 11.6 Å². The van der Waals surface area contributed by atoms with E-state index in [-0.39, 0.29) is 11.2 Å². The van der Waals surface area contributed by atoms with E-state index in [1.165, 1.54) is 0 Å². The summed E-state index contributed by atoms with van der Waals surface area (Å²) in [6.45, 7) is 0. The number of carbonyl (C=O) groups is 1. The smallest absolute Gasteiger partial charge is 0.235 e. The average Bonchev–Trinajstić information content (AvgIpc) is 2.74. The van der Waals surface area contributed by atoms with Gasteiger partial charge in [0.15, 0.2) is 0 Å². The Morgan fingerprint density at radius 1 is 1.33 bits per heavy atom. The van der Waals surface area contributed by atoms with E-state index in [4.69, 9.17) is 11.6 Å². The molecule has 6 heteroatoms. The van der Waals surface area contributed by atoms with Gasteiger partial charge in [0, 0.05) is 10.6 Å². The van der Waals surface area contributed by atoms with Crippen molar-refractivity contribution in [2.75, 3.05) is 11.1 Å². The predicted octanol–water partition coefficient (Wildman–Crippen LogP) is 2.84. The second-order valence-electron chi connectivity index (χ2n) is 3.96. The average molecular weight is 280 g/mol. The molecular formula is C12H10ClN3OS. The first kappa shape index (κ1) is 11.6. The molecule has 3 rings (SSSR count). The monoisotopic (exact) mass is 279 g/mol. The van der Waals surface area contributed by atoms with E-state index in [1.807, 2.05) is 24.3 Å². The maximum absolute atomic E-state index is 11.6. The fraction of sp³-hybridized carbons (Fsp3) is 0.167. The summed E-state index contributed by atoms with van der Waals surface area (Å²) in [5, 5.41) is 10.3. The highest BCUT2D eigenvalue weighted by Gasteiger charge is 2.26. The maximum Gasteiger partial charge on any atom is 0.235 e. The topological polar surface area (TPSA) is 57.8 Å². The second kappa shape index (κ2) is 4.66. The third-order valence-electron chi connectivity index (χ3n) is 2.78. The molecule has 1 aromatic heterocycles. The van der Waals surface area contributed by atoms with E-state index in [2.05, 4.69) is 15.5 Å². The molecule has 92 valence electrons. The molecule has 1 amide bonds. The lowest BCUT2D eigenvalue weighted by Gasteiger charge is -2.14. The maximum atomic E-state index is 11.6. The van der Waals surface area contributed by atoms with Crippen LogP contribution >= 0.6 is 23.4 Å². The van der Waals surface area contributed by atoms with Gasteiger partial charge < -0.3 is 5.32 Å². The molecule has 0 radical (unpaired) electrons. The van der Waals surface area contributed by atoms with Crippen molar-refractivity contribution < 1.29 is 4.79 Å². The lowest BCUT2D eigenvalue weighted by atomic mass is 10.1. The number of H-pyrrole nitrogens is 1. The molecule has 0 bridgehead atoms. The molecule has 1 atom stereocenters. The van der Waals surface area contributed by atoms with Crippen molar-refractivity contribution in [2.45, 2.75) is 5.25 Å². The first-order valence-corrected chi connectivity index (χ1v) is 6.87. The summed E-state index contributed by atoms with van der Waals surface area (Å²) in [6, 6.07) is 7.68. The van der Waals surface area contributed by atoms with E-state index >= 15 is 0 Å². The van der Waals surface area contributed by atoms with Crippen LogP contribution in [0.2, 0.25) is 5.02 Å². The van der Waals surface area contributed by atoms with Gasteiger partial charge >= 0.3 is 0 Å². The first-order valence-electron chi connectivity index (χ1n) is 5.45. The van der Waals surface area contributed by atoms with Crippen molar-refractivity contribution in [3.05, 3.63) is 46.6 Å². The number of hydrogen-bond donors (Lipinski definition) is 2. The number of aromatic nitrogens is 2. The second-order valence-corrected chi connectivity index (χ2v) is 5.46. The Labute approximate surface area is 113 Å². The lowest BCUT2D eigenvalue weighted by Crippen LogP contribution is -2.12. The van der Waals surface area contributed by atoms with Crippen LogP contribution in [0.15, 0.2) is 30.5 Å². The van der Waals surface area contributed by atoms with Gasteiger partial charge in [0.25, 0.3) is 0 Å². The minimum absolute atomic E-state index is 0.0198. The number of halogens is 1. The fourth-order valence-electron chi connectivity index (χ4n) is 1.96. The predicted molar refractivity (Wildman–Crippen MR) is 73.0 cm³/mol. The number of aromatic amines is 1. The normalized spacial score (nSPS) is 18.9. The van der Waals surface area contributed by atoms with E-state index in [9.17, 15) is 4.79 Å². The molecule has 4 nitrogen and oxygen atoms in total. The van der Waals surface area contributed by atoms with E-state index in [0.29, 0.717) is 16.6 Å². The third-order valence-corrected chi connectivity index (χ3v) is 4.40. The van der Waals surface area contributed by atoms with Crippen molar-refractivity contribution in [1.29, 1.82) is 0 Å². The Morgan fingerprint density at radius 2 is 2.17 bits per heavy atom. The van der Waals surface area contributed by atoms with Crippen LogP contribution in [0.1, 0.15) is 16.4 Å². The van der Waals surface area contributed by atoms with Crippen molar-refractivity contribution in [1.82, 2.24) is 10.2 Å². The van der Waals surface area contributed by atoms with Crippen LogP contribution in [0.4, 0.5) is 5.82 Å². The number of anilines is 1. The van der Waals surface area contributed by atoms with Crippen molar-refractivity contribution in [2.24, 2.45) is 0 Å².